The van der Waals surface area contributed by atoms with Crippen LogP contribution in [-0.4, -0.2) is 43.4 Å². The molecule has 0 bridgehead atoms. The van der Waals surface area contributed by atoms with Crippen LogP contribution in [0.5, 0.6) is 0 Å². The Labute approximate surface area is 136 Å². The van der Waals surface area contributed by atoms with E-state index in [1.165, 1.54) is 0 Å². The number of quaternary nitrogens is 1. The minimum atomic E-state index is -0.513. The van der Waals surface area contributed by atoms with Crippen molar-refractivity contribution in [3.05, 3.63) is 29.8 Å². The van der Waals surface area contributed by atoms with Crippen molar-refractivity contribution in [2.24, 2.45) is 5.73 Å². The van der Waals surface area contributed by atoms with Crippen LogP contribution in [-0.2, 0) is 9.59 Å². The van der Waals surface area contributed by atoms with E-state index in [4.69, 9.17) is 5.73 Å². The molecular weight excluding hydrogens is 296 g/mol. The molecule has 0 saturated carbocycles. The average molecular weight is 321 g/mol. The lowest BCUT2D eigenvalue weighted by Crippen LogP contribution is -3.14. The Kier molecular flexibility index (Phi) is 7.21. The predicted octanol–water partition coefficient (Wildman–Crippen LogP) is -0.847. The molecule has 7 nitrogen and oxygen atoms in total. The maximum absolute atomic E-state index is 12.0. The molecule has 0 aliphatic heterocycles. The molecule has 0 aromatic heterocycles. The van der Waals surface area contributed by atoms with Gasteiger partial charge in [-0.25, -0.2) is 0 Å². The Bertz CT molecular complexity index is 555. The summed E-state index contributed by atoms with van der Waals surface area (Å²) in [4.78, 5) is 35.7. The highest BCUT2D eigenvalue weighted by atomic mass is 16.2. The van der Waals surface area contributed by atoms with Crippen LogP contribution in [0, 0.1) is 0 Å². The second-order valence-electron chi connectivity index (χ2n) is 5.67. The zero-order valence-electron chi connectivity index (χ0n) is 13.8. The maximum atomic E-state index is 12.0. The number of rotatable bonds is 8. The summed E-state index contributed by atoms with van der Waals surface area (Å²) >= 11 is 0. The zero-order valence-corrected chi connectivity index (χ0v) is 13.8. The van der Waals surface area contributed by atoms with Crippen molar-refractivity contribution in [1.82, 2.24) is 5.32 Å². The molecule has 0 fully saturated rings. The molecule has 0 heterocycles. The molecule has 0 spiro atoms. The van der Waals surface area contributed by atoms with Gasteiger partial charge in [0.1, 0.15) is 0 Å². The maximum Gasteiger partial charge on any atom is 0.279 e. The lowest BCUT2D eigenvalue weighted by Gasteiger charge is -2.17. The summed E-state index contributed by atoms with van der Waals surface area (Å²) in [6, 6.07) is 6.43. The lowest BCUT2D eigenvalue weighted by atomic mass is 10.2. The molecule has 0 saturated heterocycles. The third-order valence-corrected chi connectivity index (χ3v) is 3.22. The van der Waals surface area contributed by atoms with Crippen molar-refractivity contribution < 1.29 is 19.3 Å². The summed E-state index contributed by atoms with van der Waals surface area (Å²) < 4.78 is 0. The molecule has 3 amide bonds. The van der Waals surface area contributed by atoms with Crippen LogP contribution >= 0.6 is 0 Å². The second-order valence-corrected chi connectivity index (χ2v) is 5.67. The standard InChI is InChI=1S/C16H24N4O3/c1-4-20(9-14(21)18-11(2)3)10-15(22)19-13-7-5-12(6-8-13)16(17)23/h5-8,11H,4,9-10H2,1-3H3,(H2,17,23)(H,18,21)(H,19,22)/p+1. The summed E-state index contributed by atoms with van der Waals surface area (Å²) in [5.41, 5.74) is 6.13. The van der Waals surface area contributed by atoms with Gasteiger partial charge in [0.05, 0.1) is 6.54 Å². The first kappa shape index (κ1) is 18.6. The molecule has 0 radical (unpaired) electrons. The van der Waals surface area contributed by atoms with Crippen LogP contribution in [0.25, 0.3) is 0 Å². The van der Waals surface area contributed by atoms with Crippen LogP contribution in [0.2, 0.25) is 0 Å². The Hall–Kier alpha value is -2.41. The Morgan fingerprint density at radius 3 is 2.13 bits per heavy atom. The minimum absolute atomic E-state index is 0.0736. The van der Waals surface area contributed by atoms with Crippen molar-refractivity contribution in [1.29, 1.82) is 0 Å². The number of benzene rings is 1. The van der Waals surface area contributed by atoms with Gasteiger partial charge >= 0.3 is 0 Å². The van der Waals surface area contributed by atoms with E-state index in [1.807, 2.05) is 20.8 Å². The fourth-order valence-corrected chi connectivity index (χ4v) is 2.06. The molecule has 23 heavy (non-hydrogen) atoms. The van der Waals surface area contributed by atoms with Crippen molar-refractivity contribution in [2.45, 2.75) is 26.8 Å². The molecule has 0 aliphatic rings. The van der Waals surface area contributed by atoms with Crippen molar-refractivity contribution in [2.75, 3.05) is 25.0 Å². The van der Waals surface area contributed by atoms with Crippen LogP contribution in [0.3, 0.4) is 0 Å². The normalized spacial score (nSPS) is 11.8. The Morgan fingerprint density at radius 1 is 1.09 bits per heavy atom. The average Bonchev–Trinajstić information content (AvgIpc) is 2.46. The first-order valence-corrected chi connectivity index (χ1v) is 7.64. The fraction of sp³-hybridized carbons (Fsp3) is 0.438. The van der Waals surface area contributed by atoms with Crippen LogP contribution in [0.15, 0.2) is 24.3 Å². The molecule has 126 valence electrons. The minimum Gasteiger partial charge on any atom is -0.366 e. The van der Waals surface area contributed by atoms with E-state index in [2.05, 4.69) is 10.6 Å². The number of hydrogen-bond acceptors (Lipinski definition) is 3. The summed E-state index contributed by atoms with van der Waals surface area (Å²) in [5, 5.41) is 5.56. The molecule has 1 unspecified atom stereocenters. The van der Waals surface area contributed by atoms with Gasteiger partial charge in [-0.3, -0.25) is 14.4 Å². The van der Waals surface area contributed by atoms with Gasteiger partial charge in [0.15, 0.2) is 13.1 Å². The summed E-state index contributed by atoms with van der Waals surface area (Å²) in [6.45, 7) is 6.83. The van der Waals surface area contributed by atoms with Crippen molar-refractivity contribution >= 4 is 23.4 Å². The van der Waals surface area contributed by atoms with Gasteiger partial charge in [-0.1, -0.05) is 0 Å². The number of anilines is 1. The number of likely N-dealkylation sites (N-methyl/N-ethyl adjacent to an activating group) is 1. The van der Waals surface area contributed by atoms with Crippen LogP contribution < -0.4 is 21.3 Å². The third kappa shape index (κ3) is 6.92. The summed E-state index contributed by atoms with van der Waals surface area (Å²) in [7, 11) is 0. The van der Waals surface area contributed by atoms with E-state index < -0.39 is 5.91 Å². The van der Waals surface area contributed by atoms with Gasteiger partial charge in [-0.15, -0.1) is 0 Å². The molecule has 1 rings (SSSR count). The number of nitrogens with two attached hydrogens (primary N) is 1. The van der Waals surface area contributed by atoms with E-state index in [-0.39, 0.29) is 30.9 Å². The molecule has 5 N–H and O–H groups in total. The van der Waals surface area contributed by atoms with E-state index in [9.17, 15) is 14.4 Å². The van der Waals surface area contributed by atoms with E-state index in [1.54, 1.807) is 24.3 Å². The SMILES string of the molecule is CC[NH+](CC(=O)Nc1ccc(C(N)=O)cc1)CC(=O)NC(C)C. The van der Waals surface area contributed by atoms with Gasteiger partial charge in [0.2, 0.25) is 5.91 Å². The highest BCUT2D eigenvalue weighted by molar-refractivity contribution is 5.95. The number of amides is 3. The predicted molar refractivity (Wildman–Crippen MR) is 88.1 cm³/mol. The largest absolute Gasteiger partial charge is 0.366 e. The van der Waals surface area contributed by atoms with Gasteiger partial charge < -0.3 is 21.3 Å². The molecule has 7 heteroatoms. The fourth-order valence-electron chi connectivity index (χ4n) is 2.06. The highest BCUT2D eigenvalue weighted by Gasteiger charge is 2.17. The zero-order chi connectivity index (χ0) is 17.4. The highest BCUT2D eigenvalue weighted by Crippen LogP contribution is 2.08. The number of nitrogens with one attached hydrogen (secondary N) is 3. The Morgan fingerprint density at radius 2 is 1.65 bits per heavy atom. The molecule has 1 aromatic rings. The first-order valence-electron chi connectivity index (χ1n) is 7.64. The van der Waals surface area contributed by atoms with E-state index in [0.29, 0.717) is 17.8 Å². The number of hydrogen-bond donors (Lipinski definition) is 4. The molecule has 1 atom stereocenters. The van der Waals surface area contributed by atoms with Gasteiger partial charge in [0, 0.05) is 17.3 Å². The monoisotopic (exact) mass is 321 g/mol. The van der Waals surface area contributed by atoms with Crippen molar-refractivity contribution in [3.63, 3.8) is 0 Å². The second kappa shape index (κ2) is 8.89. The number of carbonyl (C=O) groups excluding carboxylic acids is 3. The first-order chi connectivity index (χ1) is 10.8. The molecule has 0 aliphatic carbocycles. The van der Waals surface area contributed by atoms with Gasteiger partial charge in [-0.05, 0) is 45.0 Å². The van der Waals surface area contributed by atoms with Crippen LogP contribution in [0.4, 0.5) is 5.69 Å². The quantitative estimate of drug-likeness (QED) is 0.501. The van der Waals surface area contributed by atoms with E-state index >= 15 is 0 Å². The summed E-state index contributed by atoms with van der Waals surface area (Å²) in [6.07, 6.45) is 0. The third-order valence-electron chi connectivity index (χ3n) is 3.22. The van der Waals surface area contributed by atoms with Gasteiger partial charge in [0.25, 0.3) is 11.8 Å². The molecule has 1 aromatic carbocycles. The smallest absolute Gasteiger partial charge is 0.279 e. The van der Waals surface area contributed by atoms with Crippen LogP contribution in [0.1, 0.15) is 31.1 Å². The lowest BCUT2D eigenvalue weighted by molar-refractivity contribution is -0.881. The van der Waals surface area contributed by atoms with Crippen molar-refractivity contribution in [3.8, 4) is 0 Å². The number of carbonyl (C=O) groups is 3. The Balaban J connectivity index is 2.53. The van der Waals surface area contributed by atoms with E-state index in [0.717, 1.165) is 4.90 Å². The van der Waals surface area contributed by atoms with Gasteiger partial charge in [-0.2, -0.15) is 0 Å². The number of primary amides is 1. The summed E-state index contributed by atoms with van der Waals surface area (Å²) in [5.74, 6) is -0.776. The topological polar surface area (TPSA) is 106 Å². The molecular formula is C16H25N4O3+.